The zero-order valence-electron chi connectivity index (χ0n) is 19.4. The molecule has 0 aromatic heterocycles. The standard InChI is InChI=1S/C26H28N2O5S/c1-18-12-13-24-22(16-18)28(34(30,31)21-9-5-4-6-10-21)17-25(33-24)26(29)27-14-15-32-23-11-7-8-19(2)20(23)3/h4-13,16,25H,14-15,17H2,1-3H3,(H,27,29)/t25-/m1/s1. The monoisotopic (exact) mass is 480 g/mol. The minimum atomic E-state index is -3.88. The predicted molar refractivity (Wildman–Crippen MR) is 131 cm³/mol. The van der Waals surface area contributed by atoms with E-state index in [1.807, 2.05) is 45.0 Å². The average molecular weight is 481 g/mol. The number of carbonyl (C=O) groups is 1. The fraction of sp³-hybridized carbons (Fsp3) is 0.269. The smallest absolute Gasteiger partial charge is 0.264 e. The van der Waals surface area contributed by atoms with Crippen molar-refractivity contribution in [1.82, 2.24) is 5.32 Å². The summed E-state index contributed by atoms with van der Waals surface area (Å²) in [4.78, 5) is 13.1. The van der Waals surface area contributed by atoms with Gasteiger partial charge in [-0.05, 0) is 67.8 Å². The highest BCUT2D eigenvalue weighted by Gasteiger charge is 2.37. The highest BCUT2D eigenvalue weighted by Crippen LogP contribution is 2.37. The Hall–Kier alpha value is -3.52. The number of hydrogen-bond acceptors (Lipinski definition) is 5. The minimum absolute atomic E-state index is 0.128. The minimum Gasteiger partial charge on any atom is -0.491 e. The quantitative estimate of drug-likeness (QED) is 0.521. The summed E-state index contributed by atoms with van der Waals surface area (Å²) in [7, 11) is -3.88. The summed E-state index contributed by atoms with van der Waals surface area (Å²) >= 11 is 0. The van der Waals surface area contributed by atoms with Gasteiger partial charge in [0, 0.05) is 0 Å². The van der Waals surface area contributed by atoms with Gasteiger partial charge in [0.05, 0.1) is 23.7 Å². The number of sulfonamides is 1. The Bertz CT molecular complexity index is 1290. The fourth-order valence-electron chi connectivity index (χ4n) is 3.77. The molecule has 3 aromatic rings. The van der Waals surface area contributed by atoms with Crippen LogP contribution in [0.3, 0.4) is 0 Å². The SMILES string of the molecule is Cc1ccc2c(c1)N(S(=O)(=O)c1ccccc1)C[C@H](C(=O)NCCOc1cccc(C)c1C)O2. The van der Waals surface area contributed by atoms with Crippen LogP contribution in [0.5, 0.6) is 11.5 Å². The van der Waals surface area contributed by atoms with Crippen molar-refractivity contribution in [3.05, 3.63) is 83.4 Å². The molecule has 178 valence electrons. The molecule has 1 heterocycles. The van der Waals surface area contributed by atoms with Gasteiger partial charge in [-0.15, -0.1) is 0 Å². The maximum Gasteiger partial charge on any atom is 0.264 e. The van der Waals surface area contributed by atoms with Crippen molar-refractivity contribution >= 4 is 21.6 Å². The molecule has 0 spiro atoms. The molecule has 1 atom stereocenters. The molecule has 1 aliphatic rings. The Kier molecular flexibility index (Phi) is 6.79. The topological polar surface area (TPSA) is 84.9 Å². The molecule has 0 saturated carbocycles. The number of hydrogen-bond donors (Lipinski definition) is 1. The second-order valence-electron chi connectivity index (χ2n) is 8.26. The van der Waals surface area contributed by atoms with E-state index in [9.17, 15) is 13.2 Å². The van der Waals surface area contributed by atoms with Crippen LogP contribution in [0.25, 0.3) is 0 Å². The molecular formula is C26H28N2O5S. The molecule has 1 N–H and O–H groups in total. The van der Waals surface area contributed by atoms with Gasteiger partial charge < -0.3 is 14.8 Å². The molecule has 0 unspecified atom stereocenters. The van der Waals surface area contributed by atoms with Crippen LogP contribution in [0, 0.1) is 20.8 Å². The van der Waals surface area contributed by atoms with Crippen LogP contribution in [0.1, 0.15) is 16.7 Å². The van der Waals surface area contributed by atoms with Gasteiger partial charge in [0.15, 0.2) is 6.10 Å². The Morgan fingerprint density at radius 2 is 1.82 bits per heavy atom. The van der Waals surface area contributed by atoms with Gasteiger partial charge in [0.1, 0.15) is 18.1 Å². The van der Waals surface area contributed by atoms with E-state index in [1.54, 1.807) is 42.5 Å². The van der Waals surface area contributed by atoms with Crippen molar-refractivity contribution in [3.8, 4) is 11.5 Å². The van der Waals surface area contributed by atoms with Gasteiger partial charge in [0.2, 0.25) is 0 Å². The van der Waals surface area contributed by atoms with Gasteiger partial charge in [-0.3, -0.25) is 9.10 Å². The number of nitrogens with zero attached hydrogens (tertiary/aromatic N) is 1. The summed E-state index contributed by atoms with van der Waals surface area (Å²) in [6, 6.07) is 19.3. The lowest BCUT2D eigenvalue weighted by Gasteiger charge is -2.35. The molecule has 7 nitrogen and oxygen atoms in total. The Morgan fingerprint density at radius 1 is 1.06 bits per heavy atom. The summed E-state index contributed by atoms with van der Waals surface area (Å²) in [6.07, 6.45) is -0.991. The van der Waals surface area contributed by atoms with Crippen molar-refractivity contribution in [2.24, 2.45) is 0 Å². The Morgan fingerprint density at radius 3 is 2.59 bits per heavy atom. The highest BCUT2D eigenvalue weighted by atomic mass is 32.2. The molecule has 4 rings (SSSR count). The van der Waals surface area contributed by atoms with Gasteiger partial charge >= 0.3 is 0 Å². The maximum absolute atomic E-state index is 13.4. The summed E-state index contributed by atoms with van der Waals surface area (Å²) in [6.45, 7) is 6.29. The number of aryl methyl sites for hydroxylation is 2. The molecule has 3 aromatic carbocycles. The molecule has 0 bridgehead atoms. The van der Waals surface area contributed by atoms with E-state index >= 15 is 0 Å². The highest BCUT2D eigenvalue weighted by molar-refractivity contribution is 7.92. The number of ether oxygens (including phenoxy) is 2. The first kappa shape index (κ1) is 23.6. The lowest BCUT2D eigenvalue weighted by molar-refractivity contribution is -0.127. The summed E-state index contributed by atoms with van der Waals surface area (Å²) in [5, 5.41) is 2.80. The molecule has 0 saturated heterocycles. The van der Waals surface area contributed by atoms with E-state index in [0.29, 0.717) is 11.4 Å². The average Bonchev–Trinajstić information content (AvgIpc) is 2.84. The van der Waals surface area contributed by atoms with Crippen LogP contribution in [-0.2, 0) is 14.8 Å². The number of nitrogens with one attached hydrogen (secondary N) is 1. The van der Waals surface area contributed by atoms with Crippen LogP contribution < -0.4 is 19.1 Å². The van der Waals surface area contributed by atoms with Gasteiger partial charge in [-0.2, -0.15) is 0 Å². The zero-order chi connectivity index (χ0) is 24.3. The van der Waals surface area contributed by atoms with Gasteiger partial charge in [-0.1, -0.05) is 36.4 Å². The normalized spacial score (nSPS) is 15.3. The van der Waals surface area contributed by atoms with E-state index in [0.717, 1.165) is 22.4 Å². The van der Waals surface area contributed by atoms with Gasteiger partial charge in [-0.25, -0.2) is 8.42 Å². The van der Waals surface area contributed by atoms with Crippen molar-refractivity contribution in [2.45, 2.75) is 31.8 Å². The van der Waals surface area contributed by atoms with Crippen LogP contribution >= 0.6 is 0 Å². The lowest BCUT2D eigenvalue weighted by atomic mass is 10.1. The molecule has 1 amide bonds. The van der Waals surface area contributed by atoms with E-state index in [2.05, 4.69) is 5.32 Å². The molecule has 0 radical (unpaired) electrons. The van der Waals surface area contributed by atoms with Crippen molar-refractivity contribution in [2.75, 3.05) is 24.0 Å². The summed E-state index contributed by atoms with van der Waals surface area (Å²) in [5.74, 6) is 0.722. The van der Waals surface area contributed by atoms with Crippen LogP contribution in [0.15, 0.2) is 71.6 Å². The fourth-order valence-corrected chi connectivity index (χ4v) is 5.26. The third-order valence-corrected chi connectivity index (χ3v) is 7.62. The first-order chi connectivity index (χ1) is 16.3. The number of rotatable bonds is 7. The van der Waals surface area contributed by atoms with Gasteiger partial charge in [0.25, 0.3) is 15.9 Å². The second kappa shape index (κ2) is 9.77. The number of anilines is 1. The molecule has 34 heavy (non-hydrogen) atoms. The summed E-state index contributed by atoms with van der Waals surface area (Å²) in [5.41, 5.74) is 3.50. The van der Waals surface area contributed by atoms with Crippen LogP contribution in [0.4, 0.5) is 5.69 Å². The third kappa shape index (κ3) is 4.87. The third-order valence-electron chi connectivity index (χ3n) is 5.82. The van der Waals surface area contributed by atoms with Crippen molar-refractivity contribution in [3.63, 3.8) is 0 Å². The predicted octanol–water partition coefficient (Wildman–Crippen LogP) is 3.76. The zero-order valence-corrected chi connectivity index (χ0v) is 20.3. The van der Waals surface area contributed by atoms with E-state index in [4.69, 9.17) is 9.47 Å². The largest absolute Gasteiger partial charge is 0.491 e. The van der Waals surface area contributed by atoms with Crippen LogP contribution in [-0.4, -0.2) is 40.1 Å². The molecule has 0 aliphatic carbocycles. The number of fused-ring (bicyclic) bond motifs is 1. The number of amides is 1. The molecular weight excluding hydrogens is 452 g/mol. The number of benzene rings is 3. The summed E-state index contributed by atoms with van der Waals surface area (Å²) < 4.78 is 39.8. The maximum atomic E-state index is 13.4. The van der Waals surface area contributed by atoms with Crippen molar-refractivity contribution in [1.29, 1.82) is 0 Å². The molecule has 8 heteroatoms. The van der Waals surface area contributed by atoms with Crippen molar-refractivity contribution < 1.29 is 22.7 Å². The Labute approximate surface area is 200 Å². The molecule has 1 aliphatic heterocycles. The lowest BCUT2D eigenvalue weighted by Crippen LogP contribution is -2.51. The Balaban J connectivity index is 1.48. The second-order valence-corrected chi connectivity index (χ2v) is 10.1. The first-order valence-corrected chi connectivity index (χ1v) is 12.5. The van der Waals surface area contributed by atoms with E-state index < -0.39 is 22.0 Å². The van der Waals surface area contributed by atoms with E-state index in [-0.39, 0.29) is 24.6 Å². The molecule has 0 fully saturated rings. The first-order valence-electron chi connectivity index (χ1n) is 11.1. The number of carbonyl (C=O) groups excluding carboxylic acids is 1. The van der Waals surface area contributed by atoms with Crippen LogP contribution in [0.2, 0.25) is 0 Å². The van der Waals surface area contributed by atoms with E-state index in [1.165, 1.54) is 4.31 Å².